The molecule has 0 aliphatic carbocycles. The summed E-state index contributed by atoms with van der Waals surface area (Å²) >= 11 is 1.29. The lowest BCUT2D eigenvalue weighted by Gasteiger charge is -1.87. The van der Waals surface area contributed by atoms with Gasteiger partial charge < -0.3 is 5.11 Å². The lowest BCUT2D eigenvalue weighted by atomic mass is 10.3. The number of ketones is 1. The number of hydrogen-bond donors (Lipinski definition) is 1. The lowest BCUT2D eigenvalue weighted by Crippen LogP contribution is -1.95. The molecule has 60 valence electrons. The highest BCUT2D eigenvalue weighted by Crippen LogP contribution is 2.11. The zero-order chi connectivity index (χ0) is 8.27. The van der Waals surface area contributed by atoms with Crippen molar-refractivity contribution >= 4 is 17.1 Å². The van der Waals surface area contributed by atoms with Gasteiger partial charge in [0.25, 0.3) is 0 Å². The molecule has 1 rings (SSSR count). The number of aromatic nitrogens is 1. The van der Waals surface area contributed by atoms with Crippen molar-refractivity contribution in [2.24, 2.45) is 0 Å². The molecule has 0 bridgehead atoms. The third kappa shape index (κ3) is 1.85. The van der Waals surface area contributed by atoms with Crippen molar-refractivity contribution in [3.63, 3.8) is 0 Å². The maximum absolute atomic E-state index is 11.0. The van der Waals surface area contributed by atoms with Crippen LogP contribution in [0.15, 0.2) is 5.38 Å². The molecule has 4 heteroatoms. The molecule has 0 amide bonds. The Morgan fingerprint density at radius 2 is 2.55 bits per heavy atom. The minimum atomic E-state index is -0.0898. The van der Waals surface area contributed by atoms with Gasteiger partial charge in [0.1, 0.15) is 0 Å². The zero-order valence-corrected chi connectivity index (χ0v) is 7.02. The van der Waals surface area contributed by atoms with E-state index < -0.39 is 0 Å². The molecular weight excluding hydrogens is 162 g/mol. The minimum absolute atomic E-state index is 0.0368. The van der Waals surface area contributed by atoms with Gasteiger partial charge in [-0.1, -0.05) is 6.92 Å². The molecule has 0 aliphatic rings. The molecule has 11 heavy (non-hydrogen) atoms. The molecule has 1 heterocycles. The standard InChI is InChI=1S/C7H9NO2S/c1-2-6(10)7-8-5(3-9)4-11-7/h4,9H,2-3H2,1H3. The number of hydrogen-bond acceptors (Lipinski definition) is 4. The third-order valence-electron chi connectivity index (χ3n) is 1.27. The van der Waals surface area contributed by atoms with Crippen molar-refractivity contribution in [2.75, 3.05) is 0 Å². The Morgan fingerprint density at radius 3 is 3.00 bits per heavy atom. The SMILES string of the molecule is CCC(=O)c1nc(CO)cs1. The Labute approximate surface area is 68.7 Å². The fourth-order valence-corrected chi connectivity index (χ4v) is 1.48. The average Bonchev–Trinajstić information content (AvgIpc) is 2.50. The van der Waals surface area contributed by atoms with Gasteiger partial charge >= 0.3 is 0 Å². The molecule has 1 aromatic heterocycles. The molecule has 0 aromatic carbocycles. The number of thiazole rings is 1. The molecule has 1 N–H and O–H groups in total. The van der Waals surface area contributed by atoms with E-state index in [1.165, 1.54) is 11.3 Å². The third-order valence-corrected chi connectivity index (χ3v) is 2.21. The maximum Gasteiger partial charge on any atom is 0.191 e. The summed E-state index contributed by atoms with van der Waals surface area (Å²) in [6.45, 7) is 1.70. The summed E-state index contributed by atoms with van der Waals surface area (Å²) in [6, 6.07) is 0. The maximum atomic E-state index is 11.0. The van der Waals surface area contributed by atoms with Crippen molar-refractivity contribution in [3.05, 3.63) is 16.1 Å². The number of Topliss-reactive ketones (excluding diaryl/α,β-unsaturated/α-hetero) is 1. The second kappa shape index (κ2) is 3.59. The molecule has 1 aromatic rings. The van der Waals surface area contributed by atoms with Crippen LogP contribution in [0.1, 0.15) is 28.8 Å². The van der Waals surface area contributed by atoms with Gasteiger partial charge in [0.05, 0.1) is 12.3 Å². The number of aliphatic hydroxyl groups is 1. The molecule has 0 aliphatic heterocycles. The highest BCUT2D eigenvalue weighted by molar-refractivity contribution is 7.11. The van der Waals surface area contributed by atoms with E-state index in [1.54, 1.807) is 12.3 Å². The summed E-state index contributed by atoms with van der Waals surface area (Å²) in [5.41, 5.74) is 0.576. The summed E-state index contributed by atoms with van der Waals surface area (Å²) in [5, 5.41) is 10.8. The lowest BCUT2D eigenvalue weighted by molar-refractivity contribution is 0.0987. The van der Waals surface area contributed by atoms with E-state index in [4.69, 9.17) is 5.11 Å². The summed E-state index contributed by atoms with van der Waals surface area (Å²) in [7, 11) is 0. The van der Waals surface area contributed by atoms with E-state index in [0.29, 0.717) is 17.1 Å². The van der Waals surface area contributed by atoms with Crippen LogP contribution in [0.3, 0.4) is 0 Å². The number of nitrogens with zero attached hydrogens (tertiary/aromatic N) is 1. The van der Waals surface area contributed by atoms with E-state index in [0.717, 1.165) is 0 Å². The first-order valence-corrected chi connectivity index (χ1v) is 4.24. The van der Waals surface area contributed by atoms with Crippen LogP contribution >= 0.6 is 11.3 Å². The number of carbonyl (C=O) groups excluding carboxylic acids is 1. The number of rotatable bonds is 3. The van der Waals surface area contributed by atoms with Crippen LogP contribution in [0, 0.1) is 0 Å². The van der Waals surface area contributed by atoms with Crippen molar-refractivity contribution in [1.82, 2.24) is 4.98 Å². The van der Waals surface area contributed by atoms with Gasteiger partial charge in [0.2, 0.25) is 0 Å². The Hall–Kier alpha value is -0.740. The van der Waals surface area contributed by atoms with Crippen molar-refractivity contribution in [2.45, 2.75) is 20.0 Å². The van der Waals surface area contributed by atoms with Gasteiger partial charge in [-0.25, -0.2) is 4.98 Å². The monoisotopic (exact) mass is 171 g/mol. The number of carbonyl (C=O) groups is 1. The van der Waals surface area contributed by atoms with E-state index >= 15 is 0 Å². The van der Waals surface area contributed by atoms with E-state index in [2.05, 4.69) is 4.98 Å². The van der Waals surface area contributed by atoms with Crippen LogP contribution in [0.2, 0.25) is 0 Å². The molecule has 0 fully saturated rings. The first-order valence-electron chi connectivity index (χ1n) is 3.36. The highest BCUT2D eigenvalue weighted by atomic mass is 32.1. The van der Waals surface area contributed by atoms with Crippen molar-refractivity contribution in [1.29, 1.82) is 0 Å². The topological polar surface area (TPSA) is 50.2 Å². The summed E-state index contributed by atoms with van der Waals surface area (Å²) in [4.78, 5) is 14.9. The van der Waals surface area contributed by atoms with Gasteiger partial charge in [-0.05, 0) is 0 Å². The van der Waals surface area contributed by atoms with Gasteiger partial charge in [0, 0.05) is 11.8 Å². The summed E-state index contributed by atoms with van der Waals surface area (Å²) in [5.74, 6) is 0.0368. The molecular formula is C7H9NO2S. The Morgan fingerprint density at radius 1 is 1.82 bits per heavy atom. The Bertz CT molecular complexity index is 257. The molecule has 0 saturated heterocycles. The molecule has 0 atom stereocenters. The fraction of sp³-hybridized carbons (Fsp3) is 0.429. The van der Waals surface area contributed by atoms with E-state index in [-0.39, 0.29) is 12.4 Å². The largest absolute Gasteiger partial charge is 0.390 e. The molecule has 0 radical (unpaired) electrons. The van der Waals surface area contributed by atoms with E-state index in [1.807, 2.05) is 0 Å². The first-order chi connectivity index (χ1) is 5.27. The Balaban J connectivity index is 2.80. The predicted molar refractivity (Wildman–Crippen MR) is 42.7 cm³/mol. The second-order valence-corrected chi connectivity index (χ2v) is 2.94. The van der Waals surface area contributed by atoms with Crippen LogP contribution in [0.25, 0.3) is 0 Å². The van der Waals surface area contributed by atoms with Crippen LogP contribution in [0.4, 0.5) is 0 Å². The summed E-state index contributed by atoms with van der Waals surface area (Å²) in [6.07, 6.45) is 0.471. The van der Waals surface area contributed by atoms with Gasteiger partial charge in [-0.3, -0.25) is 4.79 Å². The molecule has 0 saturated carbocycles. The fourth-order valence-electron chi connectivity index (χ4n) is 0.659. The zero-order valence-electron chi connectivity index (χ0n) is 6.20. The average molecular weight is 171 g/mol. The van der Waals surface area contributed by atoms with E-state index in [9.17, 15) is 4.79 Å². The predicted octanol–water partition coefficient (Wildman–Crippen LogP) is 1.23. The normalized spacial score (nSPS) is 10.0. The molecule has 0 spiro atoms. The quantitative estimate of drug-likeness (QED) is 0.696. The second-order valence-electron chi connectivity index (χ2n) is 2.08. The van der Waals surface area contributed by atoms with Crippen molar-refractivity contribution < 1.29 is 9.90 Å². The minimum Gasteiger partial charge on any atom is -0.390 e. The van der Waals surface area contributed by atoms with Crippen LogP contribution in [-0.4, -0.2) is 15.9 Å². The van der Waals surface area contributed by atoms with Gasteiger partial charge in [-0.2, -0.15) is 0 Å². The van der Waals surface area contributed by atoms with Crippen molar-refractivity contribution in [3.8, 4) is 0 Å². The van der Waals surface area contributed by atoms with Crippen LogP contribution < -0.4 is 0 Å². The number of aliphatic hydroxyl groups excluding tert-OH is 1. The first kappa shape index (κ1) is 8.36. The molecule has 0 unspecified atom stereocenters. The smallest absolute Gasteiger partial charge is 0.191 e. The van der Waals surface area contributed by atoms with Crippen LogP contribution in [0.5, 0.6) is 0 Å². The van der Waals surface area contributed by atoms with Gasteiger partial charge in [0.15, 0.2) is 10.8 Å². The van der Waals surface area contributed by atoms with Gasteiger partial charge in [-0.15, -0.1) is 11.3 Å². The van der Waals surface area contributed by atoms with Crippen LogP contribution in [-0.2, 0) is 6.61 Å². The molecule has 3 nitrogen and oxygen atoms in total. The summed E-state index contributed by atoms with van der Waals surface area (Å²) < 4.78 is 0. The Kier molecular flexibility index (Phi) is 2.73. The highest BCUT2D eigenvalue weighted by Gasteiger charge is 2.07.